The molecule has 92 valence electrons. The number of benzene rings is 1. The van der Waals surface area contributed by atoms with Crippen LogP contribution >= 0.6 is 0 Å². The second-order valence-electron chi connectivity index (χ2n) is 3.95. The number of rotatable bonds is 2. The Labute approximate surface area is 106 Å². The summed E-state index contributed by atoms with van der Waals surface area (Å²) < 4.78 is 10.1. The van der Waals surface area contributed by atoms with E-state index in [2.05, 4.69) is 0 Å². The minimum absolute atomic E-state index is 0.468. The van der Waals surface area contributed by atoms with Gasteiger partial charge in [0.25, 0.3) is 0 Å². The van der Waals surface area contributed by atoms with E-state index in [0.717, 1.165) is 6.42 Å². The van der Waals surface area contributed by atoms with Crippen LogP contribution in [-0.4, -0.2) is 6.16 Å². The Kier molecular flexibility index (Phi) is 3.97. The minimum atomic E-state index is -0.725. The number of allylic oxidation sites excluding steroid dienone is 5. The smallest absolute Gasteiger partial charge is 0.395 e. The van der Waals surface area contributed by atoms with Crippen LogP contribution in [0.2, 0.25) is 0 Å². The van der Waals surface area contributed by atoms with E-state index in [1.54, 1.807) is 30.3 Å². The molecule has 1 aliphatic rings. The van der Waals surface area contributed by atoms with Gasteiger partial charge in [-0.05, 0) is 37.6 Å². The predicted octanol–water partition coefficient (Wildman–Crippen LogP) is 3.99. The highest BCUT2D eigenvalue weighted by molar-refractivity contribution is 5.65. The van der Waals surface area contributed by atoms with E-state index in [-0.39, 0.29) is 0 Å². The summed E-state index contributed by atoms with van der Waals surface area (Å²) in [7, 11) is 0. The van der Waals surface area contributed by atoms with Gasteiger partial charge in [0.2, 0.25) is 0 Å². The van der Waals surface area contributed by atoms with E-state index in [1.165, 1.54) is 5.57 Å². The van der Waals surface area contributed by atoms with E-state index in [9.17, 15) is 4.79 Å². The largest absolute Gasteiger partial charge is 0.519 e. The highest BCUT2D eigenvalue weighted by Gasteiger charge is 2.08. The van der Waals surface area contributed by atoms with Gasteiger partial charge in [0.05, 0.1) is 0 Å². The van der Waals surface area contributed by atoms with Gasteiger partial charge >= 0.3 is 6.16 Å². The Morgan fingerprint density at radius 3 is 2.72 bits per heavy atom. The molecule has 0 aliphatic heterocycles. The fraction of sp³-hybridized carbons (Fsp3) is 0.133. The molecule has 1 aromatic carbocycles. The van der Waals surface area contributed by atoms with Crippen LogP contribution in [0.1, 0.15) is 13.3 Å². The van der Waals surface area contributed by atoms with Crippen LogP contribution < -0.4 is 4.74 Å². The van der Waals surface area contributed by atoms with Crippen molar-refractivity contribution in [2.45, 2.75) is 13.3 Å². The third-order valence-corrected chi connectivity index (χ3v) is 2.41. The van der Waals surface area contributed by atoms with Crippen molar-refractivity contribution >= 4 is 6.16 Å². The van der Waals surface area contributed by atoms with Crippen LogP contribution in [0.5, 0.6) is 5.75 Å². The van der Waals surface area contributed by atoms with Crippen LogP contribution in [0.4, 0.5) is 4.79 Å². The van der Waals surface area contributed by atoms with Crippen molar-refractivity contribution in [1.29, 1.82) is 0 Å². The van der Waals surface area contributed by atoms with Crippen LogP contribution in [0.15, 0.2) is 66.0 Å². The van der Waals surface area contributed by atoms with E-state index in [1.807, 2.05) is 31.2 Å². The molecule has 18 heavy (non-hydrogen) atoms. The second-order valence-corrected chi connectivity index (χ2v) is 3.95. The first kappa shape index (κ1) is 12.2. The molecule has 1 aliphatic carbocycles. The molecule has 0 fully saturated rings. The number of para-hydroxylation sites is 1. The summed E-state index contributed by atoms with van der Waals surface area (Å²) in [6.07, 6.45) is 7.46. The molecule has 0 aromatic heterocycles. The number of hydrogen-bond donors (Lipinski definition) is 0. The normalized spacial score (nSPS) is 14.3. The summed E-state index contributed by atoms with van der Waals surface area (Å²) in [6.45, 7) is 2.02. The fourth-order valence-electron chi connectivity index (χ4n) is 1.48. The zero-order valence-electron chi connectivity index (χ0n) is 10.1. The van der Waals surface area contributed by atoms with Gasteiger partial charge in [-0.25, -0.2) is 4.79 Å². The standard InChI is InChI=1S/C15H14O3/c1-12-6-5-9-14(11-10-12)18-15(16)17-13-7-3-2-4-8-13/h2-9,11H,10H2,1H3. The molecule has 0 unspecified atom stereocenters. The average molecular weight is 242 g/mol. The lowest BCUT2D eigenvalue weighted by atomic mass is 10.2. The molecule has 0 saturated heterocycles. The van der Waals surface area contributed by atoms with Crippen molar-refractivity contribution in [2.24, 2.45) is 0 Å². The monoisotopic (exact) mass is 242 g/mol. The summed E-state index contributed by atoms with van der Waals surface area (Å²) in [5.41, 5.74) is 1.21. The second kappa shape index (κ2) is 5.87. The topological polar surface area (TPSA) is 35.5 Å². The summed E-state index contributed by atoms with van der Waals surface area (Å²) in [6, 6.07) is 8.83. The zero-order valence-corrected chi connectivity index (χ0v) is 10.1. The molecule has 2 rings (SSSR count). The third-order valence-electron chi connectivity index (χ3n) is 2.41. The Morgan fingerprint density at radius 1 is 1.17 bits per heavy atom. The first-order valence-corrected chi connectivity index (χ1v) is 5.73. The van der Waals surface area contributed by atoms with Crippen molar-refractivity contribution in [2.75, 3.05) is 0 Å². The molecule has 0 atom stereocenters. The maximum atomic E-state index is 11.5. The zero-order chi connectivity index (χ0) is 12.8. The summed E-state index contributed by atoms with van der Waals surface area (Å²) >= 11 is 0. The molecular weight excluding hydrogens is 228 g/mol. The molecule has 1 aromatic rings. The number of ether oxygens (including phenoxy) is 2. The van der Waals surface area contributed by atoms with Crippen molar-refractivity contribution < 1.29 is 14.3 Å². The first-order valence-electron chi connectivity index (χ1n) is 5.73. The van der Waals surface area contributed by atoms with Gasteiger partial charge in [0.1, 0.15) is 11.5 Å². The van der Waals surface area contributed by atoms with Crippen molar-refractivity contribution in [3.8, 4) is 5.75 Å². The van der Waals surface area contributed by atoms with Gasteiger partial charge in [-0.1, -0.05) is 35.9 Å². The average Bonchev–Trinajstić information content (AvgIpc) is 2.56. The third kappa shape index (κ3) is 3.63. The van der Waals surface area contributed by atoms with E-state index >= 15 is 0 Å². The molecule has 0 spiro atoms. The Bertz CT molecular complexity index is 510. The maximum absolute atomic E-state index is 11.5. The molecule has 0 saturated carbocycles. The lowest BCUT2D eigenvalue weighted by Gasteiger charge is -2.05. The summed E-state index contributed by atoms with van der Waals surface area (Å²) in [5, 5.41) is 0. The molecule has 3 heteroatoms. The number of carbonyl (C=O) groups excluding carboxylic acids is 1. The highest BCUT2D eigenvalue weighted by Crippen LogP contribution is 2.14. The Morgan fingerprint density at radius 2 is 1.94 bits per heavy atom. The van der Waals surface area contributed by atoms with Gasteiger partial charge in [-0.2, -0.15) is 0 Å². The van der Waals surface area contributed by atoms with Gasteiger partial charge in [-0.15, -0.1) is 0 Å². The fourth-order valence-corrected chi connectivity index (χ4v) is 1.48. The molecular formula is C15H14O3. The first-order chi connectivity index (χ1) is 8.74. The van der Waals surface area contributed by atoms with Crippen LogP contribution in [0.25, 0.3) is 0 Å². The van der Waals surface area contributed by atoms with Crippen molar-refractivity contribution in [3.05, 3.63) is 66.0 Å². The highest BCUT2D eigenvalue weighted by atomic mass is 16.7. The van der Waals surface area contributed by atoms with E-state index < -0.39 is 6.16 Å². The summed E-state index contributed by atoms with van der Waals surface area (Å²) in [5.74, 6) is 0.971. The number of carbonyl (C=O) groups is 1. The Hall–Kier alpha value is -2.29. The maximum Gasteiger partial charge on any atom is 0.519 e. The quantitative estimate of drug-likeness (QED) is 0.581. The number of hydrogen-bond acceptors (Lipinski definition) is 3. The predicted molar refractivity (Wildman–Crippen MR) is 69.1 cm³/mol. The lowest BCUT2D eigenvalue weighted by molar-refractivity contribution is 0.129. The molecule has 0 heterocycles. The SMILES string of the molecule is CC1=CC=CC(OC(=O)Oc2ccccc2)=CC1. The van der Waals surface area contributed by atoms with Crippen molar-refractivity contribution in [3.63, 3.8) is 0 Å². The molecule has 0 N–H and O–H groups in total. The summed E-state index contributed by atoms with van der Waals surface area (Å²) in [4.78, 5) is 11.5. The molecule has 0 radical (unpaired) electrons. The van der Waals surface area contributed by atoms with Crippen LogP contribution in [-0.2, 0) is 4.74 Å². The molecule has 0 bridgehead atoms. The molecule has 0 amide bonds. The van der Waals surface area contributed by atoms with Gasteiger partial charge < -0.3 is 9.47 Å². The van der Waals surface area contributed by atoms with Crippen molar-refractivity contribution in [1.82, 2.24) is 0 Å². The van der Waals surface area contributed by atoms with Gasteiger partial charge in [0, 0.05) is 0 Å². The van der Waals surface area contributed by atoms with Gasteiger partial charge in [0.15, 0.2) is 0 Å². The van der Waals surface area contributed by atoms with Crippen LogP contribution in [0.3, 0.4) is 0 Å². The van der Waals surface area contributed by atoms with Gasteiger partial charge in [-0.3, -0.25) is 0 Å². The lowest BCUT2D eigenvalue weighted by Crippen LogP contribution is -2.09. The minimum Gasteiger partial charge on any atom is -0.395 e. The van der Waals surface area contributed by atoms with E-state index in [0.29, 0.717) is 11.5 Å². The molecule has 3 nitrogen and oxygen atoms in total. The van der Waals surface area contributed by atoms with Crippen LogP contribution in [0, 0.1) is 0 Å². The van der Waals surface area contributed by atoms with E-state index in [4.69, 9.17) is 9.47 Å². The Balaban J connectivity index is 1.93.